The first kappa shape index (κ1) is 30.7. The minimum Gasteiger partial charge on any atom is -0.444 e. The van der Waals surface area contributed by atoms with Gasteiger partial charge in [-0.2, -0.15) is 0 Å². The fourth-order valence-corrected chi connectivity index (χ4v) is 7.19. The summed E-state index contributed by atoms with van der Waals surface area (Å²) in [4.78, 5) is 27.5. The van der Waals surface area contributed by atoms with E-state index in [2.05, 4.69) is 43.5 Å². The second-order valence-corrected chi connectivity index (χ2v) is 13.5. The van der Waals surface area contributed by atoms with Gasteiger partial charge in [-0.3, -0.25) is 0 Å². The van der Waals surface area contributed by atoms with Crippen molar-refractivity contribution in [3.63, 3.8) is 0 Å². The Morgan fingerprint density at radius 1 is 1.18 bits per heavy atom. The molecule has 2 unspecified atom stereocenters. The topological polar surface area (TPSA) is 89.1 Å². The average Bonchev–Trinajstić information content (AvgIpc) is 3.51. The first-order chi connectivity index (χ1) is 18.9. The van der Waals surface area contributed by atoms with Crippen LogP contribution in [0.15, 0.2) is 30.3 Å². The van der Waals surface area contributed by atoms with Crippen molar-refractivity contribution in [2.75, 3.05) is 13.1 Å². The normalized spacial score (nSPS) is 30.8. The van der Waals surface area contributed by atoms with Crippen LogP contribution in [0, 0.1) is 17.3 Å². The van der Waals surface area contributed by atoms with Crippen molar-refractivity contribution in [3.8, 4) is 0 Å². The third-order valence-corrected chi connectivity index (χ3v) is 9.42. The van der Waals surface area contributed by atoms with E-state index in [0.29, 0.717) is 31.3 Å². The maximum absolute atomic E-state index is 13.2. The van der Waals surface area contributed by atoms with Gasteiger partial charge in [0.05, 0.1) is 23.7 Å². The van der Waals surface area contributed by atoms with E-state index in [1.165, 1.54) is 6.42 Å². The molecule has 8 nitrogen and oxygen atoms in total. The highest BCUT2D eigenvalue weighted by Gasteiger charge is 2.68. The van der Waals surface area contributed by atoms with Crippen molar-refractivity contribution < 1.29 is 26.5 Å². The summed E-state index contributed by atoms with van der Waals surface area (Å²) in [6.45, 7) is 17.5. The van der Waals surface area contributed by atoms with Crippen LogP contribution in [-0.4, -0.2) is 66.5 Å². The molecule has 2 aliphatic heterocycles. The lowest BCUT2D eigenvalue weighted by Crippen LogP contribution is -2.65. The molecular weight excluding hydrogens is 505 g/mol. The Morgan fingerprint density at radius 2 is 1.88 bits per heavy atom. The van der Waals surface area contributed by atoms with Crippen LogP contribution in [0.2, 0.25) is 0 Å². The van der Waals surface area contributed by atoms with Gasteiger partial charge < -0.3 is 29.6 Å². The first-order valence-electron chi connectivity index (χ1n) is 15.3. The Morgan fingerprint density at radius 3 is 2.52 bits per heavy atom. The minimum absolute atomic E-state index is 0. The molecule has 40 heavy (non-hydrogen) atoms. The molecule has 2 saturated heterocycles. The molecule has 6 rings (SSSR count). The van der Waals surface area contributed by atoms with Gasteiger partial charge in [-0.15, -0.1) is 0 Å². The van der Waals surface area contributed by atoms with E-state index in [1.807, 2.05) is 52.8 Å². The number of ether oxygens (including phenoxy) is 1. The van der Waals surface area contributed by atoms with Crippen LogP contribution in [0.25, 0.3) is 0 Å². The van der Waals surface area contributed by atoms with Gasteiger partial charge in [-0.1, -0.05) is 58.0 Å². The zero-order valence-electron chi connectivity index (χ0n) is 25.8. The molecule has 0 radical (unpaired) electrons. The summed E-state index contributed by atoms with van der Waals surface area (Å²) >= 11 is 0. The summed E-state index contributed by atoms with van der Waals surface area (Å²) in [6.07, 6.45) is 4.24. The van der Waals surface area contributed by atoms with Crippen LogP contribution in [0.3, 0.4) is 0 Å². The summed E-state index contributed by atoms with van der Waals surface area (Å²) in [5.74, 6) is 0.776. The quantitative estimate of drug-likeness (QED) is 0.413. The number of hydrogen-bond acceptors (Lipinski definition) is 5. The molecule has 1 aromatic rings. The summed E-state index contributed by atoms with van der Waals surface area (Å²) in [7, 11) is -0.518. The molecule has 1 aromatic carbocycles. The van der Waals surface area contributed by atoms with Gasteiger partial charge in [0.25, 0.3) is 0 Å². The number of rotatable bonds is 6. The molecule has 9 heteroatoms. The number of amides is 3. The maximum Gasteiger partial charge on any atom is 0.482 e. The number of urea groups is 1. The molecule has 3 aliphatic carbocycles. The largest absolute Gasteiger partial charge is 0.482 e. The zero-order chi connectivity index (χ0) is 29.3. The molecule has 0 spiro atoms. The molecule has 0 aromatic heterocycles. The van der Waals surface area contributed by atoms with Crippen molar-refractivity contribution in [3.05, 3.63) is 35.9 Å². The number of hydrogen-bond donors (Lipinski definition) is 2. The highest BCUT2D eigenvalue weighted by molar-refractivity contribution is 6.48. The second-order valence-electron chi connectivity index (χ2n) is 13.5. The van der Waals surface area contributed by atoms with E-state index in [1.54, 1.807) is 4.90 Å². The smallest absolute Gasteiger partial charge is 0.444 e. The fourth-order valence-electron chi connectivity index (χ4n) is 7.19. The molecule has 3 saturated carbocycles. The van der Waals surface area contributed by atoms with Crippen LogP contribution >= 0.6 is 0 Å². The molecule has 2 heterocycles. The number of likely N-dealkylation sites (tertiary alicyclic amines) is 1. The van der Waals surface area contributed by atoms with Gasteiger partial charge in [-0.25, -0.2) is 9.59 Å². The number of nitrogens with one attached hydrogen (secondary N) is 2. The number of carbonyl (C=O) groups is 2. The third-order valence-electron chi connectivity index (χ3n) is 9.42. The highest BCUT2D eigenvalue weighted by Crippen LogP contribution is 2.65. The predicted molar refractivity (Wildman–Crippen MR) is 162 cm³/mol. The SMILES string of the molecule is CC.CC(C)(C)OC(=O)N1CCC[C@H]1CNC(=O)N[C@@H](Cc1ccccc1)B1O[C@@H]2CC3CC(C3(C)C)[C@]2(C)O1.[HH].[HH]. The molecule has 3 amide bonds. The van der Waals surface area contributed by atoms with Gasteiger partial charge in [0, 0.05) is 15.9 Å². The Balaban J connectivity index is 0.00000151. The van der Waals surface area contributed by atoms with E-state index in [9.17, 15) is 9.59 Å². The van der Waals surface area contributed by atoms with E-state index < -0.39 is 12.7 Å². The Labute approximate surface area is 244 Å². The van der Waals surface area contributed by atoms with Crippen LogP contribution in [0.1, 0.15) is 89.5 Å². The average molecular weight is 560 g/mol. The Hall–Kier alpha value is -2.26. The summed E-state index contributed by atoms with van der Waals surface area (Å²) in [5, 5.41) is 6.16. The van der Waals surface area contributed by atoms with Crippen molar-refractivity contribution in [2.45, 2.75) is 117 Å². The monoisotopic (exact) mass is 559 g/mol. The lowest BCUT2D eigenvalue weighted by atomic mass is 9.43. The van der Waals surface area contributed by atoms with Gasteiger partial charge in [-0.05, 0) is 82.6 Å². The van der Waals surface area contributed by atoms with E-state index in [4.69, 9.17) is 14.0 Å². The number of carbonyl (C=O) groups excluding carboxylic acids is 2. The molecule has 6 atom stereocenters. The molecule has 2 N–H and O–H groups in total. The van der Waals surface area contributed by atoms with E-state index in [-0.39, 0.29) is 44.1 Å². The summed E-state index contributed by atoms with van der Waals surface area (Å²) in [6, 6.07) is 9.77. The Kier molecular flexibility index (Phi) is 9.15. The van der Waals surface area contributed by atoms with Crippen LogP contribution in [0.4, 0.5) is 9.59 Å². The Bertz CT molecular complexity index is 1040. The standard InChI is InChI=1S/C29H44BN3O5.C2H6.2H2/c1-27(2,3)36-26(35)33-14-10-13-21(33)18-31-25(34)32-24(15-19-11-8-7-9-12-19)30-37-23-17-20-16-22(28(20,4)5)29(23,6)38-30;1-2;;/h7-9,11-12,20-24H,10,13-18H2,1-6H3,(H2,31,32,34);1-2H3;2*1H/t20?,21-,22?,23+,24-,29-;;;/m0.../s1. The molecule has 2 bridgehead atoms. The minimum atomic E-state index is -0.551. The van der Waals surface area contributed by atoms with E-state index >= 15 is 0 Å². The second kappa shape index (κ2) is 11.9. The zero-order valence-corrected chi connectivity index (χ0v) is 25.8. The lowest BCUT2D eigenvalue weighted by Gasteiger charge is -2.64. The number of benzene rings is 1. The lowest BCUT2D eigenvalue weighted by molar-refractivity contribution is -0.199. The molecule has 5 fully saturated rings. The van der Waals surface area contributed by atoms with Crippen molar-refractivity contribution in [1.29, 1.82) is 0 Å². The van der Waals surface area contributed by atoms with Crippen LogP contribution in [-0.2, 0) is 20.5 Å². The third kappa shape index (κ3) is 6.30. The van der Waals surface area contributed by atoms with Crippen molar-refractivity contribution in [1.82, 2.24) is 15.5 Å². The first-order valence-corrected chi connectivity index (χ1v) is 15.3. The van der Waals surface area contributed by atoms with Gasteiger partial charge in [0.1, 0.15) is 5.60 Å². The highest BCUT2D eigenvalue weighted by atomic mass is 16.7. The van der Waals surface area contributed by atoms with Gasteiger partial charge in [0.15, 0.2) is 0 Å². The molecule has 5 aliphatic rings. The molecule has 226 valence electrons. The van der Waals surface area contributed by atoms with Crippen LogP contribution in [0.5, 0.6) is 0 Å². The van der Waals surface area contributed by atoms with E-state index in [0.717, 1.165) is 24.8 Å². The van der Waals surface area contributed by atoms with Gasteiger partial charge in [0.2, 0.25) is 0 Å². The number of nitrogens with zero attached hydrogens (tertiary/aromatic N) is 1. The fraction of sp³-hybridized carbons (Fsp3) is 0.742. The molecular formula is C31H54BN3O5. The van der Waals surface area contributed by atoms with Gasteiger partial charge >= 0.3 is 19.2 Å². The summed E-state index contributed by atoms with van der Waals surface area (Å²) < 4.78 is 18.8. The van der Waals surface area contributed by atoms with Crippen molar-refractivity contribution >= 4 is 19.2 Å². The summed E-state index contributed by atoms with van der Waals surface area (Å²) in [5.41, 5.74) is 0.476. The maximum atomic E-state index is 13.2. The van der Waals surface area contributed by atoms with Crippen LogP contribution < -0.4 is 10.6 Å². The predicted octanol–water partition coefficient (Wildman–Crippen LogP) is 6.08. The van der Waals surface area contributed by atoms with Crippen molar-refractivity contribution in [2.24, 2.45) is 17.3 Å².